The van der Waals surface area contributed by atoms with Crippen LogP contribution in [-0.2, 0) is 21.3 Å². The first-order chi connectivity index (χ1) is 16.6. The Bertz CT molecular complexity index is 1360. The number of hydrogen-bond donors (Lipinski definition) is 1. The summed E-state index contributed by atoms with van der Waals surface area (Å²) in [7, 11) is -2.36. The van der Waals surface area contributed by atoms with E-state index >= 15 is 0 Å². The van der Waals surface area contributed by atoms with E-state index < -0.39 is 21.9 Å². The van der Waals surface area contributed by atoms with Crippen molar-refractivity contribution in [1.29, 1.82) is 0 Å². The van der Waals surface area contributed by atoms with Gasteiger partial charge in [-0.1, -0.05) is 53.5 Å². The number of nitrogens with one attached hydrogen (secondary N) is 1. The third-order valence-corrected chi connectivity index (χ3v) is 6.79. The maximum atomic E-state index is 12.4. The average molecular weight is 534 g/mol. The number of carbonyl (C=O) groups is 2. The summed E-state index contributed by atoms with van der Waals surface area (Å²) >= 11 is 12.3. The topological polar surface area (TPSA) is 105 Å². The van der Waals surface area contributed by atoms with Crippen LogP contribution in [0.1, 0.15) is 31.8 Å². The van der Waals surface area contributed by atoms with E-state index in [4.69, 9.17) is 23.2 Å². The fourth-order valence-corrected chi connectivity index (χ4v) is 4.39. The van der Waals surface area contributed by atoms with Crippen LogP contribution < -0.4 is 9.73 Å². The van der Waals surface area contributed by atoms with Gasteiger partial charge in [0, 0.05) is 5.56 Å². The van der Waals surface area contributed by atoms with Gasteiger partial charge in [0.1, 0.15) is 0 Å². The molecule has 0 saturated heterocycles. The molecule has 0 aliphatic heterocycles. The van der Waals surface area contributed by atoms with Crippen LogP contribution in [0.5, 0.6) is 0 Å². The lowest BCUT2D eigenvalue weighted by molar-refractivity contribution is 0.0600. The van der Waals surface area contributed by atoms with E-state index in [1.807, 2.05) is 0 Å². The van der Waals surface area contributed by atoms with Crippen LogP contribution >= 0.6 is 23.2 Å². The van der Waals surface area contributed by atoms with Crippen molar-refractivity contribution in [2.45, 2.75) is 6.54 Å². The van der Waals surface area contributed by atoms with Crippen LogP contribution in [0.25, 0.3) is 0 Å². The van der Waals surface area contributed by atoms with Crippen LogP contribution in [0, 0.1) is 0 Å². The molecule has 0 aromatic heterocycles. The summed E-state index contributed by atoms with van der Waals surface area (Å²) in [5.74, 6) is -0.891. The molecule has 0 saturated carbocycles. The van der Waals surface area contributed by atoms with Gasteiger partial charge in [-0.05, 0) is 47.5 Å². The number of benzene rings is 3. The highest BCUT2D eigenvalue weighted by Crippen LogP contribution is 2.34. The van der Waals surface area contributed by atoms with Crippen molar-refractivity contribution in [2.75, 3.05) is 17.7 Å². The summed E-state index contributed by atoms with van der Waals surface area (Å²) in [6.07, 6.45) is 2.51. The molecule has 0 bridgehead atoms. The Morgan fingerprint density at radius 1 is 1.00 bits per heavy atom. The van der Waals surface area contributed by atoms with Crippen molar-refractivity contribution in [1.82, 2.24) is 5.43 Å². The second-order valence-electron chi connectivity index (χ2n) is 7.35. The molecule has 3 aromatic carbocycles. The van der Waals surface area contributed by atoms with E-state index in [-0.39, 0.29) is 22.3 Å². The molecule has 35 heavy (non-hydrogen) atoms. The zero-order valence-corrected chi connectivity index (χ0v) is 21.1. The minimum atomic E-state index is -3.66. The minimum Gasteiger partial charge on any atom is -0.465 e. The van der Waals surface area contributed by atoms with Gasteiger partial charge in [-0.15, -0.1) is 0 Å². The summed E-state index contributed by atoms with van der Waals surface area (Å²) in [6.45, 7) is 0.000513. The largest absolute Gasteiger partial charge is 0.465 e. The molecule has 3 rings (SSSR count). The predicted molar refractivity (Wildman–Crippen MR) is 137 cm³/mol. The molecule has 182 valence electrons. The molecule has 0 aliphatic carbocycles. The standard InChI is InChI=1S/C24H21Cl2N3O5S/c1-34-24(31)19-12-6-16(7-13-19)14-27-28-23(30)18-10-8-17(9-11-18)15-29(35(2,32)33)21-5-3-4-20(25)22(21)26/h3-14H,15H2,1-2H3,(H,28,30)/b27-14-. The molecule has 0 radical (unpaired) electrons. The van der Waals surface area contributed by atoms with Crippen LogP contribution in [0.4, 0.5) is 5.69 Å². The highest BCUT2D eigenvalue weighted by molar-refractivity contribution is 7.92. The minimum absolute atomic E-state index is 0.000513. The number of anilines is 1. The van der Waals surface area contributed by atoms with E-state index in [9.17, 15) is 18.0 Å². The summed E-state index contributed by atoms with van der Waals surface area (Å²) in [6, 6.07) is 17.7. The highest BCUT2D eigenvalue weighted by Gasteiger charge is 2.21. The number of sulfonamides is 1. The Hall–Kier alpha value is -3.40. The van der Waals surface area contributed by atoms with Gasteiger partial charge >= 0.3 is 5.97 Å². The molecule has 0 atom stereocenters. The first-order valence-corrected chi connectivity index (χ1v) is 12.7. The molecule has 3 aromatic rings. The Morgan fingerprint density at radius 2 is 1.63 bits per heavy atom. The predicted octanol–water partition coefficient (Wildman–Crippen LogP) is 4.51. The van der Waals surface area contributed by atoms with Crippen LogP contribution in [-0.4, -0.2) is 39.9 Å². The second-order valence-corrected chi connectivity index (χ2v) is 10.0. The van der Waals surface area contributed by atoms with E-state index in [0.717, 1.165) is 10.6 Å². The van der Waals surface area contributed by atoms with Crippen molar-refractivity contribution in [2.24, 2.45) is 5.10 Å². The molecular formula is C24H21Cl2N3O5S. The number of esters is 1. The number of hydrogen-bond acceptors (Lipinski definition) is 6. The Balaban J connectivity index is 1.67. The number of hydrazone groups is 1. The number of amides is 1. The highest BCUT2D eigenvalue weighted by atomic mass is 35.5. The second kappa shape index (κ2) is 11.4. The molecule has 0 fully saturated rings. The number of rotatable bonds is 8. The lowest BCUT2D eigenvalue weighted by Gasteiger charge is -2.24. The molecule has 0 aliphatic rings. The van der Waals surface area contributed by atoms with Crippen molar-refractivity contribution >= 4 is 57.0 Å². The Kier molecular flexibility index (Phi) is 8.50. The number of nitrogens with zero attached hydrogens (tertiary/aromatic N) is 2. The SMILES string of the molecule is COC(=O)c1ccc(/C=N\NC(=O)c2ccc(CN(c3cccc(Cl)c3Cl)S(C)(=O)=O)cc2)cc1. The third-order valence-electron chi connectivity index (χ3n) is 4.85. The average Bonchev–Trinajstić information content (AvgIpc) is 2.84. The first kappa shape index (κ1) is 26.2. The molecule has 8 nitrogen and oxygen atoms in total. The van der Waals surface area contributed by atoms with Gasteiger partial charge in [-0.25, -0.2) is 18.6 Å². The molecule has 0 heterocycles. The fraction of sp³-hybridized carbons (Fsp3) is 0.125. The van der Waals surface area contributed by atoms with E-state index in [1.54, 1.807) is 66.7 Å². The summed E-state index contributed by atoms with van der Waals surface area (Å²) < 4.78 is 30.6. The fourth-order valence-electron chi connectivity index (χ4n) is 3.05. The summed E-state index contributed by atoms with van der Waals surface area (Å²) in [5, 5.41) is 4.29. The maximum Gasteiger partial charge on any atom is 0.337 e. The van der Waals surface area contributed by atoms with Crippen LogP contribution in [0.3, 0.4) is 0 Å². The molecule has 0 spiro atoms. The zero-order chi connectivity index (χ0) is 25.6. The lowest BCUT2D eigenvalue weighted by atomic mass is 10.1. The van der Waals surface area contributed by atoms with Crippen LogP contribution in [0.15, 0.2) is 71.8 Å². The molecule has 11 heteroatoms. The van der Waals surface area contributed by atoms with Crippen molar-refractivity contribution < 1.29 is 22.7 Å². The van der Waals surface area contributed by atoms with Gasteiger partial charge < -0.3 is 4.74 Å². The van der Waals surface area contributed by atoms with Gasteiger partial charge in [0.15, 0.2) is 0 Å². The Morgan fingerprint density at radius 3 is 2.23 bits per heavy atom. The number of carbonyl (C=O) groups excluding carboxylic acids is 2. The maximum absolute atomic E-state index is 12.4. The van der Waals surface area contributed by atoms with Crippen molar-refractivity contribution in [3.63, 3.8) is 0 Å². The van der Waals surface area contributed by atoms with Crippen molar-refractivity contribution in [3.8, 4) is 0 Å². The third kappa shape index (κ3) is 6.82. The van der Waals surface area contributed by atoms with Gasteiger partial charge in [-0.3, -0.25) is 9.10 Å². The number of ether oxygens (including phenoxy) is 1. The summed E-state index contributed by atoms with van der Waals surface area (Å²) in [5.41, 5.74) is 4.73. The lowest BCUT2D eigenvalue weighted by Crippen LogP contribution is -2.29. The van der Waals surface area contributed by atoms with E-state index in [1.165, 1.54) is 13.3 Å². The smallest absolute Gasteiger partial charge is 0.337 e. The molecule has 1 N–H and O–H groups in total. The van der Waals surface area contributed by atoms with Gasteiger partial charge in [0.05, 0.1) is 47.4 Å². The van der Waals surface area contributed by atoms with Gasteiger partial charge in [0.2, 0.25) is 10.0 Å². The quantitative estimate of drug-likeness (QED) is 0.260. The Labute approximate surface area is 213 Å². The number of methoxy groups -OCH3 is 1. The van der Waals surface area contributed by atoms with Gasteiger partial charge in [-0.2, -0.15) is 5.10 Å². The van der Waals surface area contributed by atoms with Crippen LogP contribution in [0.2, 0.25) is 10.0 Å². The van der Waals surface area contributed by atoms with E-state index in [2.05, 4.69) is 15.3 Å². The molecule has 1 amide bonds. The molecular weight excluding hydrogens is 513 g/mol. The van der Waals surface area contributed by atoms with E-state index in [0.29, 0.717) is 22.3 Å². The normalized spacial score (nSPS) is 11.3. The zero-order valence-electron chi connectivity index (χ0n) is 18.7. The first-order valence-electron chi connectivity index (χ1n) is 10.1. The number of halogens is 2. The van der Waals surface area contributed by atoms with Crippen molar-refractivity contribution in [3.05, 3.63) is 99.0 Å². The van der Waals surface area contributed by atoms with Gasteiger partial charge in [0.25, 0.3) is 5.91 Å². The monoisotopic (exact) mass is 533 g/mol. The summed E-state index contributed by atoms with van der Waals surface area (Å²) in [4.78, 5) is 23.9. The molecule has 0 unspecified atom stereocenters.